The Bertz CT molecular complexity index is 866. The first-order valence-corrected chi connectivity index (χ1v) is 10.3. The lowest BCUT2D eigenvalue weighted by atomic mass is 10.2. The number of nitrogens with zero attached hydrogens (tertiary/aromatic N) is 1. The van der Waals surface area contributed by atoms with Gasteiger partial charge < -0.3 is 14.2 Å². The first-order valence-electron chi connectivity index (χ1n) is 8.31. The van der Waals surface area contributed by atoms with Crippen LogP contribution in [-0.4, -0.2) is 54.4 Å². The first kappa shape index (κ1) is 23.2. The summed E-state index contributed by atoms with van der Waals surface area (Å²) >= 11 is 10.2. The quantitative estimate of drug-likeness (QED) is 0.408. The van der Waals surface area contributed by atoms with Crippen molar-refractivity contribution in [3.8, 4) is 5.75 Å². The van der Waals surface area contributed by atoms with Crippen molar-refractivity contribution >= 4 is 68.5 Å². The highest BCUT2D eigenvalue weighted by Crippen LogP contribution is 2.38. The summed E-state index contributed by atoms with van der Waals surface area (Å²) in [7, 11) is 1.18. The Balaban J connectivity index is 2.22. The molecule has 0 spiro atoms. The summed E-state index contributed by atoms with van der Waals surface area (Å²) < 4.78 is 15.2. The SMILES string of the molecule is CCOC(=O)COc1c(Cl)cc(/C=C2/SC(=O)N([C@H](C)C(=O)OC)C2=O)cc1Br. The molecule has 0 unspecified atom stereocenters. The third-order valence-electron chi connectivity index (χ3n) is 3.71. The van der Waals surface area contributed by atoms with E-state index in [2.05, 4.69) is 20.7 Å². The van der Waals surface area contributed by atoms with Gasteiger partial charge in [-0.05, 0) is 65.3 Å². The predicted molar refractivity (Wildman–Crippen MR) is 111 cm³/mol. The predicted octanol–water partition coefficient (Wildman–Crippen LogP) is 3.64. The molecule has 2 rings (SSSR count). The molecule has 29 heavy (non-hydrogen) atoms. The van der Waals surface area contributed by atoms with E-state index in [-0.39, 0.29) is 28.9 Å². The molecule has 0 aliphatic carbocycles. The van der Waals surface area contributed by atoms with Crippen LogP contribution in [0, 0.1) is 0 Å². The minimum Gasteiger partial charge on any atom is -0.479 e. The molecule has 0 radical (unpaired) electrons. The van der Waals surface area contributed by atoms with Gasteiger partial charge in [-0.25, -0.2) is 9.59 Å². The van der Waals surface area contributed by atoms with E-state index in [1.165, 1.54) is 26.2 Å². The normalized spacial score (nSPS) is 16.2. The fourth-order valence-electron chi connectivity index (χ4n) is 2.38. The molecule has 1 heterocycles. The maximum atomic E-state index is 12.5. The maximum Gasteiger partial charge on any atom is 0.344 e. The number of methoxy groups -OCH3 is 1. The van der Waals surface area contributed by atoms with Crippen molar-refractivity contribution in [1.29, 1.82) is 0 Å². The maximum absolute atomic E-state index is 12.5. The lowest BCUT2D eigenvalue weighted by Gasteiger charge is -2.18. The van der Waals surface area contributed by atoms with Gasteiger partial charge in [-0.3, -0.25) is 14.5 Å². The molecule has 1 fully saturated rings. The summed E-state index contributed by atoms with van der Waals surface area (Å²) in [4.78, 5) is 48.8. The van der Waals surface area contributed by atoms with E-state index < -0.39 is 29.1 Å². The second-order valence-corrected chi connectivity index (χ2v) is 7.91. The first-order chi connectivity index (χ1) is 13.7. The van der Waals surface area contributed by atoms with E-state index in [4.69, 9.17) is 21.1 Å². The summed E-state index contributed by atoms with van der Waals surface area (Å²) in [5.74, 6) is -1.59. The van der Waals surface area contributed by atoms with Crippen LogP contribution in [0.1, 0.15) is 19.4 Å². The van der Waals surface area contributed by atoms with E-state index in [1.54, 1.807) is 13.0 Å². The number of hydrogen-bond donors (Lipinski definition) is 0. The zero-order valence-corrected chi connectivity index (χ0v) is 18.9. The Hall–Kier alpha value is -2.04. The van der Waals surface area contributed by atoms with Crippen molar-refractivity contribution in [2.45, 2.75) is 19.9 Å². The summed E-state index contributed by atoms with van der Waals surface area (Å²) in [6, 6.07) is 2.10. The number of imide groups is 1. The highest BCUT2D eigenvalue weighted by Gasteiger charge is 2.41. The van der Waals surface area contributed by atoms with Crippen LogP contribution in [0.15, 0.2) is 21.5 Å². The molecule has 1 atom stereocenters. The lowest BCUT2D eigenvalue weighted by Crippen LogP contribution is -2.42. The van der Waals surface area contributed by atoms with Gasteiger partial charge >= 0.3 is 11.9 Å². The van der Waals surface area contributed by atoms with E-state index in [9.17, 15) is 19.2 Å². The Morgan fingerprint density at radius 1 is 1.34 bits per heavy atom. The van der Waals surface area contributed by atoms with Gasteiger partial charge in [-0.1, -0.05) is 11.6 Å². The minimum atomic E-state index is -1.03. The van der Waals surface area contributed by atoms with Gasteiger partial charge in [0.15, 0.2) is 12.4 Å². The number of esters is 2. The van der Waals surface area contributed by atoms with Gasteiger partial charge in [-0.2, -0.15) is 0 Å². The largest absolute Gasteiger partial charge is 0.479 e. The van der Waals surface area contributed by atoms with Crippen LogP contribution in [0.25, 0.3) is 6.08 Å². The number of carbonyl (C=O) groups is 4. The number of benzene rings is 1. The Labute approximate surface area is 184 Å². The average Bonchev–Trinajstić information content (AvgIpc) is 2.93. The highest BCUT2D eigenvalue weighted by atomic mass is 79.9. The van der Waals surface area contributed by atoms with Gasteiger partial charge in [0.2, 0.25) is 0 Å². The summed E-state index contributed by atoms with van der Waals surface area (Å²) in [5, 5.41) is -0.379. The number of amides is 2. The molecule has 8 nitrogen and oxygen atoms in total. The van der Waals surface area contributed by atoms with Crippen LogP contribution in [0.2, 0.25) is 5.02 Å². The fraction of sp³-hybridized carbons (Fsp3) is 0.333. The Kier molecular flexibility index (Phi) is 8.12. The monoisotopic (exact) mass is 505 g/mol. The molecule has 1 aromatic rings. The van der Waals surface area contributed by atoms with Crippen molar-refractivity contribution in [3.05, 3.63) is 32.1 Å². The molecule has 1 aromatic carbocycles. The van der Waals surface area contributed by atoms with Gasteiger partial charge in [0.05, 0.1) is 28.1 Å². The van der Waals surface area contributed by atoms with Crippen molar-refractivity contribution < 1.29 is 33.4 Å². The third kappa shape index (κ3) is 5.52. The molecule has 2 amide bonds. The van der Waals surface area contributed by atoms with Crippen LogP contribution >= 0.6 is 39.3 Å². The van der Waals surface area contributed by atoms with Crippen molar-refractivity contribution in [2.75, 3.05) is 20.3 Å². The van der Waals surface area contributed by atoms with Crippen molar-refractivity contribution in [2.24, 2.45) is 0 Å². The number of rotatable bonds is 7. The number of carbonyl (C=O) groups excluding carboxylic acids is 4. The molecule has 0 N–H and O–H groups in total. The Morgan fingerprint density at radius 3 is 2.62 bits per heavy atom. The Morgan fingerprint density at radius 2 is 2.03 bits per heavy atom. The molecule has 0 saturated carbocycles. The molecule has 0 bridgehead atoms. The number of hydrogen-bond acceptors (Lipinski definition) is 8. The molecule has 156 valence electrons. The van der Waals surface area contributed by atoms with Gasteiger partial charge in [-0.15, -0.1) is 0 Å². The second kappa shape index (κ2) is 10.1. The smallest absolute Gasteiger partial charge is 0.344 e. The highest BCUT2D eigenvalue weighted by molar-refractivity contribution is 9.10. The third-order valence-corrected chi connectivity index (χ3v) is 5.46. The second-order valence-electron chi connectivity index (χ2n) is 5.66. The van der Waals surface area contributed by atoms with Crippen LogP contribution in [0.3, 0.4) is 0 Å². The topological polar surface area (TPSA) is 99.2 Å². The minimum absolute atomic E-state index is 0.133. The van der Waals surface area contributed by atoms with Crippen LogP contribution in [0.4, 0.5) is 4.79 Å². The zero-order valence-electron chi connectivity index (χ0n) is 15.7. The fourth-order valence-corrected chi connectivity index (χ4v) is 4.27. The van der Waals surface area contributed by atoms with Gasteiger partial charge in [0.1, 0.15) is 6.04 Å². The van der Waals surface area contributed by atoms with Crippen LogP contribution in [0.5, 0.6) is 5.75 Å². The van der Waals surface area contributed by atoms with Crippen molar-refractivity contribution in [1.82, 2.24) is 4.90 Å². The number of halogens is 2. The number of thioether (sulfide) groups is 1. The van der Waals surface area contributed by atoms with E-state index in [0.29, 0.717) is 21.8 Å². The van der Waals surface area contributed by atoms with Gasteiger partial charge in [0.25, 0.3) is 11.1 Å². The summed E-state index contributed by atoms with van der Waals surface area (Å²) in [5.41, 5.74) is 0.515. The van der Waals surface area contributed by atoms with Gasteiger partial charge in [0, 0.05) is 0 Å². The molecule has 1 aliphatic rings. The standard InChI is InChI=1S/C18H17BrClNO7S/c1-4-27-14(22)8-28-15-11(19)5-10(6-12(15)20)7-13-16(23)21(18(25)29-13)9(2)17(24)26-3/h5-7,9H,4,8H2,1-3H3/b13-7+/t9-/m1/s1. The van der Waals surface area contributed by atoms with E-state index in [1.807, 2.05) is 0 Å². The van der Waals surface area contributed by atoms with Crippen LogP contribution < -0.4 is 4.74 Å². The molecular weight excluding hydrogens is 490 g/mol. The van der Waals surface area contributed by atoms with E-state index in [0.717, 1.165) is 4.90 Å². The summed E-state index contributed by atoms with van der Waals surface area (Å²) in [6.45, 7) is 3.02. The number of ether oxygens (including phenoxy) is 3. The lowest BCUT2D eigenvalue weighted by molar-refractivity contribution is -0.148. The zero-order chi connectivity index (χ0) is 21.7. The van der Waals surface area contributed by atoms with Crippen LogP contribution in [-0.2, 0) is 23.9 Å². The summed E-state index contributed by atoms with van der Waals surface area (Å²) in [6.07, 6.45) is 1.47. The molecule has 0 aromatic heterocycles. The molecule has 1 saturated heterocycles. The molecular formula is C18H17BrClNO7S. The molecule has 1 aliphatic heterocycles. The average molecular weight is 507 g/mol. The van der Waals surface area contributed by atoms with E-state index >= 15 is 0 Å². The molecule has 11 heteroatoms. The van der Waals surface area contributed by atoms with Crippen molar-refractivity contribution in [3.63, 3.8) is 0 Å².